The van der Waals surface area contributed by atoms with Gasteiger partial charge in [-0.05, 0) is 54.7 Å². The van der Waals surface area contributed by atoms with E-state index in [1.165, 1.54) is 15.8 Å². The van der Waals surface area contributed by atoms with E-state index in [0.29, 0.717) is 13.0 Å². The number of aryl methyl sites for hydroxylation is 2. The Kier molecular flexibility index (Phi) is 7.07. The van der Waals surface area contributed by atoms with Gasteiger partial charge in [0.05, 0.1) is 16.8 Å². The summed E-state index contributed by atoms with van der Waals surface area (Å²) in [5.74, 6) is 1.10. The van der Waals surface area contributed by atoms with Crippen LogP contribution in [0, 0.1) is 0 Å². The van der Waals surface area contributed by atoms with Gasteiger partial charge in [0, 0.05) is 32.6 Å². The van der Waals surface area contributed by atoms with E-state index in [1.807, 2.05) is 17.0 Å². The number of piperazine rings is 1. The molecular formula is C25H31N3O2S. The molecule has 3 aromatic rings. The molecule has 2 heterocycles. The third-order valence-electron chi connectivity index (χ3n) is 5.89. The van der Waals surface area contributed by atoms with Crippen molar-refractivity contribution in [3.05, 3.63) is 53.6 Å². The molecule has 0 unspecified atom stereocenters. The number of rotatable bonds is 8. The van der Waals surface area contributed by atoms with Gasteiger partial charge in [-0.2, -0.15) is 0 Å². The molecule has 1 amide bonds. The molecule has 0 spiro atoms. The van der Waals surface area contributed by atoms with Crippen LogP contribution in [0.5, 0.6) is 5.75 Å². The molecule has 1 saturated heterocycles. The average Bonchev–Trinajstić information content (AvgIpc) is 3.25. The number of ether oxygens (including phenoxy) is 1. The van der Waals surface area contributed by atoms with Crippen LogP contribution in [0.4, 0.5) is 5.13 Å². The van der Waals surface area contributed by atoms with E-state index in [0.717, 1.165) is 61.8 Å². The molecule has 5 nitrogen and oxygen atoms in total. The number of hydrogen-bond donors (Lipinski definition) is 0. The molecule has 0 saturated carbocycles. The normalized spacial score (nSPS) is 14.3. The Morgan fingerprint density at radius 2 is 1.71 bits per heavy atom. The van der Waals surface area contributed by atoms with E-state index in [4.69, 9.17) is 9.72 Å². The fraction of sp³-hybridized carbons (Fsp3) is 0.440. The van der Waals surface area contributed by atoms with Gasteiger partial charge in [-0.1, -0.05) is 43.4 Å². The number of fused-ring (bicyclic) bond motifs is 1. The molecule has 4 rings (SSSR count). The Hall–Kier alpha value is -2.60. The maximum absolute atomic E-state index is 12.6. The van der Waals surface area contributed by atoms with Gasteiger partial charge in [-0.3, -0.25) is 4.79 Å². The second kappa shape index (κ2) is 10.1. The average molecular weight is 438 g/mol. The van der Waals surface area contributed by atoms with Crippen molar-refractivity contribution in [2.24, 2.45) is 0 Å². The van der Waals surface area contributed by atoms with Crippen LogP contribution < -0.4 is 9.64 Å². The largest absolute Gasteiger partial charge is 0.494 e. The number of anilines is 1. The van der Waals surface area contributed by atoms with Crippen LogP contribution in [0.15, 0.2) is 42.5 Å². The van der Waals surface area contributed by atoms with Crippen LogP contribution in [0.2, 0.25) is 0 Å². The zero-order valence-corrected chi connectivity index (χ0v) is 19.3. The zero-order valence-electron chi connectivity index (χ0n) is 18.5. The second-order valence-corrected chi connectivity index (χ2v) is 8.98. The highest BCUT2D eigenvalue weighted by molar-refractivity contribution is 7.22. The van der Waals surface area contributed by atoms with E-state index < -0.39 is 0 Å². The number of amides is 1. The number of nitrogens with zero attached hydrogens (tertiary/aromatic N) is 3. The summed E-state index contributed by atoms with van der Waals surface area (Å²) in [5, 5.41) is 1.07. The smallest absolute Gasteiger partial charge is 0.222 e. The summed E-state index contributed by atoms with van der Waals surface area (Å²) < 4.78 is 7.02. The Bertz CT molecular complexity index is 1010. The van der Waals surface area contributed by atoms with Gasteiger partial charge in [0.2, 0.25) is 5.91 Å². The Labute approximate surface area is 188 Å². The summed E-state index contributed by atoms with van der Waals surface area (Å²) in [6, 6.07) is 14.7. The molecule has 1 fully saturated rings. The third kappa shape index (κ3) is 5.37. The van der Waals surface area contributed by atoms with Crippen LogP contribution >= 0.6 is 11.3 Å². The van der Waals surface area contributed by atoms with Gasteiger partial charge in [0.1, 0.15) is 5.75 Å². The summed E-state index contributed by atoms with van der Waals surface area (Å²) in [4.78, 5) is 21.7. The molecule has 164 valence electrons. The van der Waals surface area contributed by atoms with Crippen molar-refractivity contribution in [3.8, 4) is 5.75 Å². The van der Waals surface area contributed by atoms with Crippen LogP contribution in [0.3, 0.4) is 0 Å². The minimum Gasteiger partial charge on any atom is -0.494 e. The molecular weight excluding hydrogens is 406 g/mol. The highest BCUT2D eigenvalue weighted by Crippen LogP contribution is 2.30. The van der Waals surface area contributed by atoms with Gasteiger partial charge in [-0.15, -0.1) is 0 Å². The molecule has 0 atom stereocenters. The topological polar surface area (TPSA) is 45.7 Å². The molecule has 1 aromatic heterocycles. The van der Waals surface area contributed by atoms with Crippen molar-refractivity contribution >= 4 is 32.6 Å². The van der Waals surface area contributed by atoms with Gasteiger partial charge in [0.25, 0.3) is 0 Å². The van der Waals surface area contributed by atoms with Gasteiger partial charge >= 0.3 is 0 Å². The molecule has 0 aliphatic carbocycles. The molecule has 6 heteroatoms. The lowest BCUT2D eigenvalue weighted by molar-refractivity contribution is -0.131. The lowest BCUT2D eigenvalue weighted by Crippen LogP contribution is -2.48. The molecule has 0 N–H and O–H groups in total. The van der Waals surface area contributed by atoms with Crippen LogP contribution in [-0.4, -0.2) is 48.6 Å². The quantitative estimate of drug-likeness (QED) is 0.469. The van der Waals surface area contributed by atoms with Gasteiger partial charge in [-0.25, -0.2) is 4.98 Å². The summed E-state index contributed by atoms with van der Waals surface area (Å²) >= 11 is 1.75. The highest BCUT2D eigenvalue weighted by Gasteiger charge is 2.22. The fourth-order valence-electron chi connectivity index (χ4n) is 3.85. The van der Waals surface area contributed by atoms with Crippen molar-refractivity contribution in [1.29, 1.82) is 0 Å². The lowest BCUT2D eigenvalue weighted by atomic mass is 10.2. The Morgan fingerprint density at radius 1 is 1.00 bits per heavy atom. The fourth-order valence-corrected chi connectivity index (χ4v) is 4.93. The molecule has 31 heavy (non-hydrogen) atoms. The summed E-state index contributed by atoms with van der Waals surface area (Å²) in [5.41, 5.74) is 3.72. The van der Waals surface area contributed by atoms with Crippen LogP contribution in [0.25, 0.3) is 10.2 Å². The summed E-state index contributed by atoms with van der Waals surface area (Å²) in [7, 11) is 0. The van der Waals surface area contributed by atoms with Gasteiger partial charge in [0.15, 0.2) is 5.13 Å². The summed E-state index contributed by atoms with van der Waals surface area (Å²) in [6.45, 7) is 8.08. The van der Waals surface area contributed by atoms with Crippen molar-refractivity contribution in [1.82, 2.24) is 9.88 Å². The second-order valence-electron chi connectivity index (χ2n) is 7.97. The van der Waals surface area contributed by atoms with Crippen molar-refractivity contribution in [3.63, 3.8) is 0 Å². The Balaban J connectivity index is 1.21. The van der Waals surface area contributed by atoms with Crippen molar-refractivity contribution < 1.29 is 9.53 Å². The molecule has 2 aromatic carbocycles. The maximum atomic E-state index is 12.6. The number of benzene rings is 2. The number of aromatic nitrogens is 1. The monoisotopic (exact) mass is 437 g/mol. The minimum atomic E-state index is 0.224. The van der Waals surface area contributed by atoms with E-state index in [1.54, 1.807) is 11.3 Å². The number of thiazole rings is 1. The molecule has 1 aliphatic heterocycles. The molecule has 0 radical (unpaired) electrons. The first-order valence-electron chi connectivity index (χ1n) is 11.3. The number of carbonyl (C=O) groups is 1. The number of carbonyl (C=O) groups excluding carboxylic acids is 1. The zero-order chi connectivity index (χ0) is 21.6. The summed E-state index contributed by atoms with van der Waals surface area (Å²) in [6.07, 6.45) is 3.35. The standard InChI is InChI=1S/C25H31N3O2S/c1-3-19-7-10-21(11-8-19)30-17-5-6-24(29)27-13-15-28(16-14-27)25-26-22-12-9-20(4-2)18-23(22)31-25/h7-12,18H,3-6,13-17H2,1-2H3. The first-order chi connectivity index (χ1) is 15.2. The van der Waals surface area contributed by atoms with E-state index in [-0.39, 0.29) is 5.91 Å². The molecule has 1 aliphatic rings. The van der Waals surface area contributed by atoms with E-state index >= 15 is 0 Å². The van der Waals surface area contributed by atoms with Crippen LogP contribution in [0.1, 0.15) is 37.8 Å². The number of hydrogen-bond acceptors (Lipinski definition) is 5. The lowest BCUT2D eigenvalue weighted by Gasteiger charge is -2.34. The highest BCUT2D eigenvalue weighted by atomic mass is 32.1. The predicted octanol–water partition coefficient (Wildman–Crippen LogP) is 4.93. The maximum Gasteiger partial charge on any atom is 0.222 e. The predicted molar refractivity (Wildman–Crippen MR) is 128 cm³/mol. The Morgan fingerprint density at radius 3 is 2.42 bits per heavy atom. The SMILES string of the molecule is CCc1ccc(OCCCC(=O)N2CCN(c3nc4ccc(CC)cc4s3)CC2)cc1. The first kappa shape index (κ1) is 21.6. The van der Waals surface area contributed by atoms with Gasteiger partial charge < -0.3 is 14.5 Å². The van der Waals surface area contributed by atoms with E-state index in [2.05, 4.69) is 49.1 Å². The third-order valence-corrected chi connectivity index (χ3v) is 6.97. The van der Waals surface area contributed by atoms with Crippen molar-refractivity contribution in [2.75, 3.05) is 37.7 Å². The first-order valence-corrected chi connectivity index (χ1v) is 12.1. The van der Waals surface area contributed by atoms with E-state index in [9.17, 15) is 4.79 Å². The molecule has 0 bridgehead atoms. The minimum absolute atomic E-state index is 0.224. The van der Waals surface area contributed by atoms with Crippen molar-refractivity contribution in [2.45, 2.75) is 39.5 Å². The van der Waals surface area contributed by atoms with Crippen LogP contribution in [-0.2, 0) is 17.6 Å².